The molecule has 0 aromatic carbocycles. The Hall–Kier alpha value is -0.590. The third-order valence-electron chi connectivity index (χ3n) is 3.07. The summed E-state index contributed by atoms with van der Waals surface area (Å²) in [5.41, 5.74) is 2.13. The maximum atomic E-state index is 7.67. The van der Waals surface area contributed by atoms with Crippen molar-refractivity contribution in [1.82, 2.24) is 0 Å². The molecule has 2 atom stereocenters. The largest absolute Gasteiger partial charge is 0.309 e. The van der Waals surface area contributed by atoms with Crippen molar-refractivity contribution in [3.63, 3.8) is 0 Å². The van der Waals surface area contributed by atoms with E-state index in [9.17, 15) is 0 Å². The molecule has 0 spiro atoms. The van der Waals surface area contributed by atoms with Gasteiger partial charge in [-0.25, -0.2) is 0 Å². The van der Waals surface area contributed by atoms with E-state index in [1.54, 1.807) is 0 Å². The van der Waals surface area contributed by atoms with Crippen LogP contribution in [0.2, 0.25) is 0 Å². The Bertz CT molecular complexity index is 203. The van der Waals surface area contributed by atoms with Crippen molar-refractivity contribution in [2.75, 3.05) is 0 Å². The normalized spacial score (nSPS) is 31.3. The molecule has 1 aliphatic rings. The predicted octanol–water partition coefficient (Wildman–Crippen LogP) is 3.26. The highest BCUT2D eigenvalue weighted by Crippen LogP contribution is 2.35. The van der Waals surface area contributed by atoms with Crippen LogP contribution >= 0.6 is 0 Å². The topological polar surface area (TPSA) is 23.9 Å². The summed E-state index contributed by atoms with van der Waals surface area (Å²) in [5, 5.41) is 7.67. The van der Waals surface area contributed by atoms with E-state index < -0.39 is 0 Å². The second-order valence-electron chi connectivity index (χ2n) is 4.34. The highest BCUT2D eigenvalue weighted by molar-refractivity contribution is 5.85. The SMILES string of the molecule is C=C1CC(=N)CC(C(C)C)[C@@H]1C. The van der Waals surface area contributed by atoms with E-state index >= 15 is 0 Å². The summed E-state index contributed by atoms with van der Waals surface area (Å²) in [6, 6.07) is 0. The molecule has 0 heterocycles. The summed E-state index contributed by atoms with van der Waals surface area (Å²) in [6.45, 7) is 10.8. The van der Waals surface area contributed by atoms with Gasteiger partial charge in [0.2, 0.25) is 0 Å². The summed E-state index contributed by atoms with van der Waals surface area (Å²) >= 11 is 0. The van der Waals surface area contributed by atoms with Gasteiger partial charge in [-0.15, -0.1) is 0 Å². The Labute approximate surface area is 75.4 Å². The average Bonchev–Trinajstić information content (AvgIpc) is 1.96. The molecule has 1 N–H and O–H groups in total. The second kappa shape index (κ2) is 3.42. The maximum Gasteiger partial charge on any atom is 0.0133 e. The fraction of sp³-hybridized carbons (Fsp3) is 0.727. The fourth-order valence-corrected chi connectivity index (χ4v) is 2.08. The fourth-order valence-electron chi connectivity index (χ4n) is 2.08. The van der Waals surface area contributed by atoms with Crippen molar-refractivity contribution in [1.29, 1.82) is 5.41 Å². The highest BCUT2D eigenvalue weighted by atomic mass is 14.5. The quantitative estimate of drug-likeness (QED) is 0.577. The first kappa shape index (κ1) is 9.50. The van der Waals surface area contributed by atoms with Crippen molar-refractivity contribution in [2.45, 2.75) is 33.6 Å². The molecular weight excluding hydrogens is 146 g/mol. The minimum absolute atomic E-state index is 0.610. The van der Waals surface area contributed by atoms with E-state index in [1.165, 1.54) is 5.57 Å². The molecule has 1 unspecified atom stereocenters. The van der Waals surface area contributed by atoms with Crippen LogP contribution in [0, 0.1) is 23.2 Å². The summed E-state index contributed by atoms with van der Waals surface area (Å²) < 4.78 is 0. The van der Waals surface area contributed by atoms with Gasteiger partial charge < -0.3 is 5.41 Å². The van der Waals surface area contributed by atoms with E-state index in [0.29, 0.717) is 17.8 Å². The lowest BCUT2D eigenvalue weighted by molar-refractivity contribution is 0.297. The van der Waals surface area contributed by atoms with Crippen LogP contribution in [-0.2, 0) is 0 Å². The minimum atomic E-state index is 0.610. The standard InChI is InChI=1S/C11H19N/c1-7(2)11-6-10(12)5-8(3)9(11)4/h7,9,11-12H,3,5-6H2,1-2,4H3/t9-,11?/m1/s1. The Balaban J connectivity index is 2.73. The Morgan fingerprint density at radius 1 is 1.50 bits per heavy atom. The van der Waals surface area contributed by atoms with Crippen LogP contribution in [0.1, 0.15) is 33.6 Å². The molecule has 0 aromatic heterocycles. The smallest absolute Gasteiger partial charge is 0.0133 e. The first-order chi connectivity index (χ1) is 5.52. The van der Waals surface area contributed by atoms with E-state index in [1.807, 2.05) is 0 Å². The third-order valence-corrected chi connectivity index (χ3v) is 3.07. The molecule has 0 aliphatic heterocycles. The number of hydrogen-bond donors (Lipinski definition) is 1. The van der Waals surface area contributed by atoms with E-state index in [2.05, 4.69) is 27.4 Å². The van der Waals surface area contributed by atoms with Crippen molar-refractivity contribution in [3.05, 3.63) is 12.2 Å². The van der Waals surface area contributed by atoms with Gasteiger partial charge in [-0.3, -0.25) is 0 Å². The molecule has 0 amide bonds. The van der Waals surface area contributed by atoms with Gasteiger partial charge in [0, 0.05) is 12.1 Å². The Kier molecular flexibility index (Phi) is 2.71. The molecular formula is C11H19N. The lowest BCUT2D eigenvalue weighted by Gasteiger charge is -2.34. The molecule has 1 aliphatic carbocycles. The Morgan fingerprint density at radius 2 is 2.08 bits per heavy atom. The molecule has 1 heteroatoms. The van der Waals surface area contributed by atoms with Crippen LogP contribution < -0.4 is 0 Å². The molecule has 1 saturated carbocycles. The van der Waals surface area contributed by atoms with E-state index in [4.69, 9.17) is 5.41 Å². The van der Waals surface area contributed by atoms with E-state index in [0.717, 1.165) is 18.6 Å². The zero-order valence-corrected chi connectivity index (χ0v) is 8.35. The minimum Gasteiger partial charge on any atom is -0.309 e. The first-order valence-electron chi connectivity index (χ1n) is 4.76. The van der Waals surface area contributed by atoms with Gasteiger partial charge in [0.25, 0.3) is 0 Å². The van der Waals surface area contributed by atoms with E-state index in [-0.39, 0.29) is 0 Å². The molecule has 1 rings (SSSR count). The average molecular weight is 165 g/mol. The van der Waals surface area contributed by atoms with Gasteiger partial charge in [-0.1, -0.05) is 32.9 Å². The van der Waals surface area contributed by atoms with Crippen molar-refractivity contribution >= 4 is 5.71 Å². The molecule has 1 fully saturated rings. The molecule has 0 aromatic rings. The predicted molar refractivity (Wildman–Crippen MR) is 53.6 cm³/mol. The van der Waals surface area contributed by atoms with Crippen molar-refractivity contribution < 1.29 is 0 Å². The van der Waals surface area contributed by atoms with Crippen LogP contribution in [0.4, 0.5) is 0 Å². The number of nitrogens with one attached hydrogen (secondary N) is 1. The summed E-state index contributed by atoms with van der Waals surface area (Å²) in [7, 11) is 0. The van der Waals surface area contributed by atoms with Crippen LogP contribution in [0.15, 0.2) is 12.2 Å². The lowest BCUT2D eigenvalue weighted by Crippen LogP contribution is -2.28. The number of allylic oxidation sites excluding steroid dienone is 1. The molecule has 1 nitrogen and oxygen atoms in total. The summed E-state index contributed by atoms with van der Waals surface area (Å²) in [4.78, 5) is 0. The summed E-state index contributed by atoms with van der Waals surface area (Å²) in [6.07, 6.45) is 1.82. The summed E-state index contributed by atoms with van der Waals surface area (Å²) in [5.74, 6) is 1.94. The zero-order valence-electron chi connectivity index (χ0n) is 8.35. The van der Waals surface area contributed by atoms with Crippen LogP contribution in [-0.4, -0.2) is 5.71 Å². The molecule has 12 heavy (non-hydrogen) atoms. The van der Waals surface area contributed by atoms with Gasteiger partial charge in [0.15, 0.2) is 0 Å². The van der Waals surface area contributed by atoms with Crippen molar-refractivity contribution in [2.24, 2.45) is 17.8 Å². The highest BCUT2D eigenvalue weighted by Gasteiger charge is 2.28. The lowest BCUT2D eigenvalue weighted by atomic mass is 9.71. The maximum absolute atomic E-state index is 7.67. The van der Waals surface area contributed by atoms with Crippen LogP contribution in [0.3, 0.4) is 0 Å². The number of rotatable bonds is 1. The number of hydrogen-bond acceptors (Lipinski definition) is 1. The monoisotopic (exact) mass is 165 g/mol. The second-order valence-corrected chi connectivity index (χ2v) is 4.34. The zero-order chi connectivity index (χ0) is 9.30. The van der Waals surface area contributed by atoms with Crippen LogP contribution in [0.5, 0.6) is 0 Å². The van der Waals surface area contributed by atoms with Gasteiger partial charge in [-0.05, 0) is 24.2 Å². The van der Waals surface area contributed by atoms with Crippen LogP contribution in [0.25, 0.3) is 0 Å². The van der Waals surface area contributed by atoms with Gasteiger partial charge in [0.05, 0.1) is 0 Å². The third kappa shape index (κ3) is 1.77. The van der Waals surface area contributed by atoms with Gasteiger partial charge in [0.1, 0.15) is 0 Å². The molecule has 68 valence electrons. The molecule has 0 radical (unpaired) electrons. The molecule has 0 saturated heterocycles. The Morgan fingerprint density at radius 3 is 2.58 bits per heavy atom. The first-order valence-corrected chi connectivity index (χ1v) is 4.76. The molecule has 0 bridgehead atoms. The van der Waals surface area contributed by atoms with Crippen molar-refractivity contribution in [3.8, 4) is 0 Å². The van der Waals surface area contributed by atoms with Gasteiger partial charge >= 0.3 is 0 Å². The van der Waals surface area contributed by atoms with Gasteiger partial charge in [-0.2, -0.15) is 0 Å².